The van der Waals surface area contributed by atoms with Gasteiger partial charge < -0.3 is 4.90 Å². The average molecular weight is 281 g/mol. The highest BCUT2D eigenvalue weighted by Crippen LogP contribution is 2.21. The lowest BCUT2D eigenvalue weighted by Crippen LogP contribution is -2.28. The van der Waals surface area contributed by atoms with E-state index < -0.39 is 0 Å². The fourth-order valence-electron chi connectivity index (χ4n) is 2.73. The lowest BCUT2D eigenvalue weighted by atomic mass is 10.1. The number of nitrogens with zero attached hydrogens (tertiary/aromatic N) is 2. The number of hydrogen-bond acceptors (Lipinski definition) is 2. The Balaban J connectivity index is 2.17. The van der Waals surface area contributed by atoms with Gasteiger partial charge in [0.1, 0.15) is 5.82 Å². The molecular weight excluding hydrogens is 256 g/mol. The molecule has 2 heterocycles. The van der Waals surface area contributed by atoms with E-state index in [0.717, 1.165) is 31.7 Å². The first-order valence-electron chi connectivity index (χ1n) is 7.64. The second kappa shape index (κ2) is 7.74. The second-order valence-corrected chi connectivity index (χ2v) is 5.73. The molecule has 0 atom stereocenters. The maximum absolute atomic E-state index is 6.02. The third-order valence-electron chi connectivity index (χ3n) is 3.77. The molecule has 0 saturated carbocycles. The topological polar surface area (TPSA) is 16.1 Å². The highest BCUT2D eigenvalue weighted by atomic mass is 35.5. The predicted octanol–water partition coefficient (Wildman–Crippen LogP) is 4.54. The van der Waals surface area contributed by atoms with Gasteiger partial charge in [0.25, 0.3) is 0 Å². The van der Waals surface area contributed by atoms with Crippen molar-refractivity contribution in [2.24, 2.45) is 0 Å². The van der Waals surface area contributed by atoms with Crippen LogP contribution in [-0.4, -0.2) is 18.1 Å². The van der Waals surface area contributed by atoms with Crippen LogP contribution in [0.1, 0.15) is 56.7 Å². The minimum Gasteiger partial charge on any atom is -0.357 e. The van der Waals surface area contributed by atoms with Gasteiger partial charge in [-0.05, 0) is 37.0 Å². The highest BCUT2D eigenvalue weighted by Gasteiger charge is 2.12. The summed E-state index contributed by atoms with van der Waals surface area (Å²) in [6.07, 6.45) is 8.86. The van der Waals surface area contributed by atoms with Gasteiger partial charge in [-0.25, -0.2) is 4.98 Å². The van der Waals surface area contributed by atoms with Crippen LogP contribution in [0.25, 0.3) is 0 Å². The van der Waals surface area contributed by atoms with Crippen molar-refractivity contribution in [3.63, 3.8) is 0 Å². The Kier molecular flexibility index (Phi) is 5.96. The number of aromatic nitrogens is 1. The largest absolute Gasteiger partial charge is 0.357 e. The van der Waals surface area contributed by atoms with Crippen LogP contribution in [0.5, 0.6) is 0 Å². The van der Waals surface area contributed by atoms with Gasteiger partial charge in [0.15, 0.2) is 0 Å². The van der Waals surface area contributed by atoms with Gasteiger partial charge in [0.2, 0.25) is 0 Å². The van der Waals surface area contributed by atoms with Crippen LogP contribution in [0, 0.1) is 0 Å². The van der Waals surface area contributed by atoms with Crippen molar-refractivity contribution < 1.29 is 0 Å². The van der Waals surface area contributed by atoms with Crippen LogP contribution < -0.4 is 4.90 Å². The number of hydrogen-bond donors (Lipinski definition) is 0. The van der Waals surface area contributed by atoms with Crippen molar-refractivity contribution in [3.05, 3.63) is 23.4 Å². The Labute approximate surface area is 122 Å². The molecule has 1 fully saturated rings. The summed E-state index contributed by atoms with van der Waals surface area (Å²) in [7, 11) is 0. The molecule has 0 amide bonds. The summed E-state index contributed by atoms with van der Waals surface area (Å²) in [5, 5.41) is 0. The molecule has 19 heavy (non-hydrogen) atoms. The molecule has 0 spiro atoms. The minimum atomic E-state index is 0.583. The molecule has 2 rings (SSSR count). The van der Waals surface area contributed by atoms with Gasteiger partial charge in [-0.3, -0.25) is 0 Å². The smallest absolute Gasteiger partial charge is 0.129 e. The Morgan fingerprint density at radius 3 is 2.42 bits per heavy atom. The van der Waals surface area contributed by atoms with E-state index in [1.54, 1.807) is 0 Å². The Bertz CT molecular complexity index is 384. The number of alkyl halides is 1. The molecule has 3 heteroatoms. The van der Waals surface area contributed by atoms with E-state index in [1.807, 2.05) is 0 Å². The lowest BCUT2D eigenvalue weighted by molar-refractivity contribution is 0.553. The quantitative estimate of drug-likeness (QED) is 0.753. The average Bonchev–Trinajstić information content (AvgIpc) is 2.38. The molecule has 0 aliphatic carbocycles. The van der Waals surface area contributed by atoms with Crippen LogP contribution in [0.4, 0.5) is 5.82 Å². The fourth-order valence-corrected chi connectivity index (χ4v) is 2.89. The van der Waals surface area contributed by atoms with Crippen LogP contribution in [0.2, 0.25) is 0 Å². The number of aryl methyl sites for hydroxylation is 1. The SMILES string of the molecule is CCCc1cc(CCl)cc(N2CCCCCCC2)n1. The number of halogens is 1. The molecule has 1 aromatic rings. The van der Waals surface area contributed by atoms with Crippen molar-refractivity contribution in [1.29, 1.82) is 0 Å². The Morgan fingerprint density at radius 1 is 1.11 bits per heavy atom. The normalized spacial score (nSPS) is 17.1. The fraction of sp³-hybridized carbons (Fsp3) is 0.688. The van der Waals surface area contributed by atoms with E-state index in [9.17, 15) is 0 Å². The number of anilines is 1. The predicted molar refractivity (Wildman–Crippen MR) is 83.1 cm³/mol. The molecule has 0 N–H and O–H groups in total. The molecule has 1 aliphatic heterocycles. The second-order valence-electron chi connectivity index (χ2n) is 5.46. The molecule has 0 bridgehead atoms. The van der Waals surface area contributed by atoms with Gasteiger partial charge in [0, 0.05) is 24.7 Å². The van der Waals surface area contributed by atoms with Crippen LogP contribution in [0.15, 0.2) is 12.1 Å². The summed E-state index contributed by atoms with van der Waals surface area (Å²) in [5.41, 5.74) is 2.40. The first-order valence-corrected chi connectivity index (χ1v) is 8.17. The first kappa shape index (κ1) is 14.6. The summed E-state index contributed by atoms with van der Waals surface area (Å²) in [6, 6.07) is 4.33. The minimum absolute atomic E-state index is 0.583. The zero-order valence-corrected chi connectivity index (χ0v) is 12.8. The molecule has 1 aromatic heterocycles. The molecule has 2 nitrogen and oxygen atoms in total. The standard InChI is InChI=1S/C16H25ClN2/c1-2-8-15-11-14(13-17)12-16(18-15)19-9-6-4-3-5-7-10-19/h11-12H,2-10,13H2,1H3. The third-order valence-corrected chi connectivity index (χ3v) is 4.07. The molecule has 1 saturated heterocycles. The van der Waals surface area contributed by atoms with Crippen molar-refractivity contribution in [3.8, 4) is 0 Å². The van der Waals surface area contributed by atoms with E-state index in [2.05, 4.69) is 24.0 Å². The van der Waals surface area contributed by atoms with Crippen molar-refractivity contribution in [2.75, 3.05) is 18.0 Å². The van der Waals surface area contributed by atoms with Crippen molar-refractivity contribution in [1.82, 2.24) is 4.98 Å². The zero-order chi connectivity index (χ0) is 13.5. The summed E-state index contributed by atoms with van der Waals surface area (Å²) >= 11 is 6.02. The van der Waals surface area contributed by atoms with Gasteiger partial charge in [-0.15, -0.1) is 11.6 Å². The van der Waals surface area contributed by atoms with Crippen molar-refractivity contribution >= 4 is 17.4 Å². The maximum Gasteiger partial charge on any atom is 0.129 e. The molecule has 0 aromatic carbocycles. The monoisotopic (exact) mass is 280 g/mol. The van der Waals surface area contributed by atoms with Gasteiger partial charge in [-0.1, -0.05) is 32.6 Å². The van der Waals surface area contributed by atoms with Crippen LogP contribution in [0.3, 0.4) is 0 Å². The van der Waals surface area contributed by atoms with E-state index in [1.165, 1.54) is 43.4 Å². The molecule has 0 unspecified atom stereocenters. The molecule has 0 radical (unpaired) electrons. The van der Waals surface area contributed by atoms with Gasteiger partial charge >= 0.3 is 0 Å². The number of rotatable bonds is 4. The van der Waals surface area contributed by atoms with E-state index in [4.69, 9.17) is 16.6 Å². The van der Waals surface area contributed by atoms with Crippen molar-refractivity contribution in [2.45, 2.75) is 57.7 Å². The third kappa shape index (κ3) is 4.38. The van der Waals surface area contributed by atoms with E-state index in [0.29, 0.717) is 5.88 Å². The maximum atomic E-state index is 6.02. The Morgan fingerprint density at radius 2 is 1.79 bits per heavy atom. The summed E-state index contributed by atoms with van der Waals surface area (Å²) in [6.45, 7) is 4.49. The number of pyridine rings is 1. The highest BCUT2D eigenvalue weighted by molar-refractivity contribution is 6.17. The van der Waals surface area contributed by atoms with Gasteiger partial charge in [0.05, 0.1) is 0 Å². The molecule has 1 aliphatic rings. The first-order chi connectivity index (χ1) is 9.33. The molecular formula is C16H25ClN2. The van der Waals surface area contributed by atoms with E-state index in [-0.39, 0.29) is 0 Å². The van der Waals surface area contributed by atoms with Crippen LogP contribution in [-0.2, 0) is 12.3 Å². The summed E-state index contributed by atoms with van der Waals surface area (Å²) < 4.78 is 0. The Hall–Kier alpha value is -0.760. The lowest BCUT2D eigenvalue weighted by Gasteiger charge is -2.26. The van der Waals surface area contributed by atoms with E-state index >= 15 is 0 Å². The summed E-state index contributed by atoms with van der Waals surface area (Å²) in [5.74, 6) is 1.73. The van der Waals surface area contributed by atoms with Crippen LogP contribution >= 0.6 is 11.6 Å². The zero-order valence-electron chi connectivity index (χ0n) is 12.0. The van der Waals surface area contributed by atoms with Gasteiger partial charge in [-0.2, -0.15) is 0 Å². The molecule has 106 valence electrons. The summed E-state index contributed by atoms with van der Waals surface area (Å²) in [4.78, 5) is 7.29.